The van der Waals surface area contributed by atoms with E-state index in [9.17, 15) is 4.79 Å². The highest BCUT2D eigenvalue weighted by Gasteiger charge is 2.39. The van der Waals surface area contributed by atoms with Crippen molar-refractivity contribution in [3.05, 3.63) is 35.2 Å². The Bertz CT molecular complexity index is 882. The van der Waals surface area contributed by atoms with Gasteiger partial charge in [-0.3, -0.25) is 15.5 Å². The van der Waals surface area contributed by atoms with Crippen molar-refractivity contribution in [2.24, 2.45) is 11.8 Å². The highest BCUT2D eigenvalue weighted by Crippen LogP contribution is 2.52. The second-order valence-corrected chi connectivity index (χ2v) is 8.51. The summed E-state index contributed by atoms with van der Waals surface area (Å²) >= 11 is 1.33. The summed E-state index contributed by atoms with van der Waals surface area (Å²) in [6.07, 6.45) is 6.94. The first-order chi connectivity index (χ1) is 13.0. The van der Waals surface area contributed by atoms with E-state index in [1.165, 1.54) is 55.9 Å². The lowest BCUT2D eigenvalue weighted by Gasteiger charge is -2.46. The van der Waals surface area contributed by atoms with Crippen LogP contribution in [0.2, 0.25) is 0 Å². The van der Waals surface area contributed by atoms with Gasteiger partial charge in [0.25, 0.3) is 5.91 Å². The number of carbonyl (C=O) groups excluding carboxylic acids is 1. The molecule has 1 aromatic heterocycles. The van der Waals surface area contributed by atoms with E-state index in [1.54, 1.807) is 0 Å². The average molecular weight is 381 g/mol. The van der Waals surface area contributed by atoms with Crippen LogP contribution in [0.15, 0.2) is 29.6 Å². The molecule has 0 spiro atoms. The molecule has 2 atom stereocenters. The minimum absolute atomic E-state index is 0.0592. The topological polar surface area (TPSA) is 89.7 Å². The third-order valence-electron chi connectivity index (χ3n) is 6.04. The van der Waals surface area contributed by atoms with E-state index in [-0.39, 0.29) is 11.4 Å². The van der Waals surface area contributed by atoms with Gasteiger partial charge in [-0.2, -0.15) is 0 Å². The fourth-order valence-electron chi connectivity index (χ4n) is 4.07. The largest absolute Gasteiger partial charge is 0.303 e. The monoisotopic (exact) mass is 380 g/mol. The van der Waals surface area contributed by atoms with Crippen LogP contribution in [0.3, 0.4) is 0 Å². The van der Waals surface area contributed by atoms with Crippen molar-refractivity contribution in [3.63, 3.8) is 0 Å². The Hall–Kier alpha value is -2.34. The summed E-state index contributed by atoms with van der Waals surface area (Å²) in [7, 11) is 0. The molecule has 5 nitrogen and oxygen atoms in total. The number of aromatic nitrogens is 1. The SMILES string of the molecule is CC(=N)C(=N)C(=O)Nc1nc(-c2ccc(C3CCC3C3CCC3)cc2)cs1. The van der Waals surface area contributed by atoms with Crippen molar-refractivity contribution in [1.29, 1.82) is 10.8 Å². The zero-order chi connectivity index (χ0) is 19.0. The lowest BCUT2D eigenvalue weighted by Crippen LogP contribution is -2.34. The van der Waals surface area contributed by atoms with Crippen LogP contribution >= 0.6 is 11.3 Å². The molecule has 4 rings (SSSR count). The molecule has 0 saturated heterocycles. The lowest BCUT2D eigenvalue weighted by atomic mass is 9.59. The Morgan fingerprint density at radius 2 is 1.89 bits per heavy atom. The Kier molecular flexibility index (Phi) is 4.91. The predicted molar refractivity (Wildman–Crippen MR) is 110 cm³/mol. The molecule has 1 aromatic carbocycles. The van der Waals surface area contributed by atoms with Gasteiger partial charge in [-0.25, -0.2) is 4.98 Å². The summed E-state index contributed by atoms with van der Waals surface area (Å²) in [5.41, 5.74) is 2.91. The molecule has 2 aromatic rings. The van der Waals surface area contributed by atoms with E-state index in [0.29, 0.717) is 5.13 Å². The summed E-state index contributed by atoms with van der Waals surface area (Å²) < 4.78 is 0. The average Bonchev–Trinajstić information content (AvgIpc) is 3.05. The Balaban J connectivity index is 1.42. The highest BCUT2D eigenvalue weighted by molar-refractivity contribution is 7.14. The molecule has 140 valence electrons. The highest BCUT2D eigenvalue weighted by atomic mass is 32.1. The molecule has 2 aliphatic carbocycles. The summed E-state index contributed by atoms with van der Waals surface area (Å²) in [5.74, 6) is 1.98. The molecule has 3 N–H and O–H groups in total. The molecule has 27 heavy (non-hydrogen) atoms. The Labute approximate surface area is 163 Å². The van der Waals surface area contributed by atoms with Crippen LogP contribution in [0.4, 0.5) is 5.13 Å². The predicted octanol–water partition coefficient (Wildman–Crippen LogP) is 5.10. The minimum atomic E-state index is -0.592. The van der Waals surface area contributed by atoms with Crippen LogP contribution < -0.4 is 5.32 Å². The number of anilines is 1. The second-order valence-electron chi connectivity index (χ2n) is 7.65. The van der Waals surface area contributed by atoms with Gasteiger partial charge in [-0.05, 0) is 43.1 Å². The molecule has 0 aliphatic heterocycles. The fraction of sp³-hybridized carbons (Fsp3) is 0.429. The van der Waals surface area contributed by atoms with Gasteiger partial charge in [0.1, 0.15) is 5.71 Å². The van der Waals surface area contributed by atoms with Crippen molar-refractivity contribution >= 4 is 33.8 Å². The van der Waals surface area contributed by atoms with E-state index in [2.05, 4.69) is 34.6 Å². The Morgan fingerprint density at radius 1 is 1.15 bits per heavy atom. The van der Waals surface area contributed by atoms with Gasteiger partial charge in [0.05, 0.1) is 11.4 Å². The zero-order valence-electron chi connectivity index (χ0n) is 15.4. The molecule has 2 unspecified atom stereocenters. The van der Waals surface area contributed by atoms with Crippen molar-refractivity contribution in [1.82, 2.24) is 4.98 Å². The number of nitrogens with one attached hydrogen (secondary N) is 3. The maximum absolute atomic E-state index is 11.9. The normalized spacial score (nSPS) is 21.8. The van der Waals surface area contributed by atoms with Crippen molar-refractivity contribution in [2.45, 2.75) is 44.9 Å². The maximum Gasteiger partial charge on any atom is 0.277 e. The van der Waals surface area contributed by atoms with Crippen LogP contribution in [-0.4, -0.2) is 22.3 Å². The summed E-state index contributed by atoms with van der Waals surface area (Å²) in [4.78, 5) is 16.3. The van der Waals surface area contributed by atoms with E-state index in [1.807, 2.05) is 5.38 Å². The molecule has 2 saturated carbocycles. The number of hydrogen-bond acceptors (Lipinski definition) is 5. The van der Waals surface area contributed by atoms with E-state index in [0.717, 1.165) is 29.0 Å². The van der Waals surface area contributed by atoms with Crippen LogP contribution in [-0.2, 0) is 4.79 Å². The first-order valence-electron chi connectivity index (χ1n) is 9.54. The first-order valence-corrected chi connectivity index (χ1v) is 10.4. The van der Waals surface area contributed by atoms with Crippen molar-refractivity contribution in [3.8, 4) is 11.3 Å². The molecule has 0 radical (unpaired) electrons. The van der Waals surface area contributed by atoms with Crippen LogP contribution in [0.25, 0.3) is 11.3 Å². The second kappa shape index (κ2) is 7.35. The molecule has 1 heterocycles. The number of hydrogen-bond donors (Lipinski definition) is 3. The van der Waals surface area contributed by atoms with Crippen LogP contribution in [0.5, 0.6) is 0 Å². The number of amides is 1. The third kappa shape index (κ3) is 3.58. The smallest absolute Gasteiger partial charge is 0.277 e. The molecular formula is C21H24N4OS. The van der Waals surface area contributed by atoms with Crippen LogP contribution in [0.1, 0.15) is 50.5 Å². The summed E-state index contributed by atoms with van der Waals surface area (Å²) in [6.45, 7) is 1.42. The molecule has 6 heteroatoms. The maximum atomic E-state index is 11.9. The molecule has 0 bridgehead atoms. The molecule has 1 amide bonds. The van der Waals surface area contributed by atoms with Crippen molar-refractivity contribution in [2.75, 3.05) is 5.32 Å². The Morgan fingerprint density at radius 3 is 2.44 bits per heavy atom. The van der Waals surface area contributed by atoms with Gasteiger partial charge in [-0.15, -0.1) is 11.3 Å². The zero-order valence-corrected chi connectivity index (χ0v) is 16.2. The number of carbonyl (C=O) groups is 1. The number of thiazole rings is 1. The van der Waals surface area contributed by atoms with E-state index < -0.39 is 5.91 Å². The molecule has 2 aliphatic rings. The third-order valence-corrected chi connectivity index (χ3v) is 6.80. The standard InChI is InChI=1S/C21H24N4OS/c1-12(22)19(23)20(26)25-21-24-18(11-27-21)15-7-5-14(6-8-15)17-10-9-16(17)13-3-2-4-13/h5-8,11,13,16-17,22-23H,2-4,9-10H2,1H3,(H,24,25,26). The fourth-order valence-corrected chi connectivity index (χ4v) is 4.78. The summed E-state index contributed by atoms with van der Waals surface area (Å²) in [6, 6.07) is 8.71. The van der Waals surface area contributed by atoms with Gasteiger partial charge in [0, 0.05) is 10.9 Å². The number of rotatable bonds is 6. The number of nitrogens with zero attached hydrogens (tertiary/aromatic N) is 1. The minimum Gasteiger partial charge on any atom is -0.303 e. The van der Waals surface area contributed by atoms with Gasteiger partial charge < -0.3 is 5.41 Å². The van der Waals surface area contributed by atoms with Crippen LogP contribution in [0, 0.1) is 22.7 Å². The van der Waals surface area contributed by atoms with Gasteiger partial charge in [-0.1, -0.05) is 43.5 Å². The van der Waals surface area contributed by atoms with Gasteiger partial charge >= 0.3 is 0 Å². The first kappa shape index (κ1) is 18.0. The van der Waals surface area contributed by atoms with Gasteiger partial charge in [0.15, 0.2) is 5.13 Å². The molecule has 2 fully saturated rings. The van der Waals surface area contributed by atoms with E-state index in [4.69, 9.17) is 10.8 Å². The lowest BCUT2D eigenvalue weighted by molar-refractivity contribution is -0.110. The number of benzene rings is 1. The van der Waals surface area contributed by atoms with Crippen molar-refractivity contribution < 1.29 is 4.79 Å². The summed E-state index contributed by atoms with van der Waals surface area (Å²) in [5, 5.41) is 19.9. The molecular weight excluding hydrogens is 356 g/mol. The van der Waals surface area contributed by atoms with Gasteiger partial charge in [0.2, 0.25) is 0 Å². The van der Waals surface area contributed by atoms with E-state index >= 15 is 0 Å². The quantitative estimate of drug-likeness (QED) is 0.608.